The first kappa shape index (κ1) is 16.5. The number of nitrogens with zero attached hydrogens (tertiary/aromatic N) is 1. The Bertz CT molecular complexity index is 168. The molecule has 0 fully saturated rings. The lowest BCUT2D eigenvalue weighted by atomic mass is 10.0. The zero-order valence-electron chi connectivity index (χ0n) is 11.8. The minimum atomic E-state index is 0.425. The van der Waals surface area contributed by atoms with Gasteiger partial charge in [-0.3, -0.25) is 0 Å². The summed E-state index contributed by atoms with van der Waals surface area (Å²) in [5.74, 6) is 0.425. The highest BCUT2D eigenvalue weighted by Gasteiger charge is 1.98. The molecule has 0 aliphatic carbocycles. The van der Waals surface area contributed by atoms with Gasteiger partial charge in [-0.1, -0.05) is 78.1 Å². The van der Waals surface area contributed by atoms with E-state index in [-0.39, 0.29) is 0 Å². The Morgan fingerprint density at radius 1 is 0.882 bits per heavy atom. The van der Waals surface area contributed by atoms with Crippen molar-refractivity contribution in [3.63, 3.8) is 0 Å². The fourth-order valence-electron chi connectivity index (χ4n) is 2.14. The summed E-state index contributed by atoms with van der Waals surface area (Å²) < 4.78 is 0. The first-order valence-corrected chi connectivity index (χ1v) is 7.48. The molecule has 0 amide bonds. The molecule has 0 aliphatic rings. The van der Waals surface area contributed by atoms with Crippen molar-refractivity contribution in [2.45, 2.75) is 84.5 Å². The summed E-state index contributed by atoms with van der Waals surface area (Å²) in [6, 6.07) is 0. The molecule has 102 valence electrons. The predicted molar refractivity (Wildman–Crippen MR) is 75.9 cm³/mol. The lowest BCUT2D eigenvalue weighted by Gasteiger charge is -2.04. The second kappa shape index (κ2) is 13.5. The molecule has 0 saturated heterocycles. The molecule has 2 heteroatoms. The largest absolute Gasteiger partial charge is 0.411 e. The maximum absolute atomic E-state index is 8.37. The average Bonchev–Trinajstić information content (AvgIpc) is 2.32. The molecule has 0 radical (unpaired) electrons. The zero-order valence-corrected chi connectivity index (χ0v) is 11.8. The SMILES string of the molecule is CCCCCCCCCCCCC(C)C=NO. The summed E-state index contributed by atoms with van der Waals surface area (Å²) in [4.78, 5) is 0. The molecule has 17 heavy (non-hydrogen) atoms. The standard InChI is InChI=1S/C15H31NO/c1-3-4-5-6-7-8-9-10-11-12-13-15(2)14-16-17/h14-15,17H,3-13H2,1-2H3. The molecule has 0 heterocycles. The number of oxime groups is 1. The average molecular weight is 241 g/mol. The molecule has 1 unspecified atom stereocenters. The van der Waals surface area contributed by atoms with Gasteiger partial charge in [0.25, 0.3) is 0 Å². The highest BCUT2D eigenvalue weighted by Crippen LogP contribution is 2.13. The molecule has 0 aromatic heterocycles. The number of rotatable bonds is 12. The molecule has 0 spiro atoms. The summed E-state index contributed by atoms with van der Waals surface area (Å²) >= 11 is 0. The Labute approximate surface area is 107 Å². The molecule has 0 bridgehead atoms. The normalized spacial score (nSPS) is 13.3. The van der Waals surface area contributed by atoms with Crippen LogP contribution in [0.4, 0.5) is 0 Å². The third-order valence-corrected chi connectivity index (χ3v) is 3.33. The van der Waals surface area contributed by atoms with E-state index < -0.39 is 0 Å². The van der Waals surface area contributed by atoms with Crippen molar-refractivity contribution in [3.05, 3.63) is 0 Å². The Kier molecular flexibility index (Phi) is 13.1. The lowest BCUT2D eigenvalue weighted by molar-refractivity contribution is 0.318. The zero-order chi connectivity index (χ0) is 12.8. The fourth-order valence-corrected chi connectivity index (χ4v) is 2.14. The van der Waals surface area contributed by atoms with Crippen molar-refractivity contribution >= 4 is 6.21 Å². The van der Waals surface area contributed by atoms with Crippen molar-refractivity contribution in [3.8, 4) is 0 Å². The predicted octanol–water partition coefficient (Wildman–Crippen LogP) is 5.39. The van der Waals surface area contributed by atoms with Crippen LogP contribution in [0.25, 0.3) is 0 Å². The van der Waals surface area contributed by atoms with E-state index in [2.05, 4.69) is 19.0 Å². The molecular weight excluding hydrogens is 210 g/mol. The van der Waals surface area contributed by atoms with Crippen LogP contribution in [0.1, 0.15) is 84.5 Å². The second-order valence-electron chi connectivity index (χ2n) is 5.21. The molecule has 0 aromatic rings. The highest BCUT2D eigenvalue weighted by molar-refractivity contribution is 5.58. The van der Waals surface area contributed by atoms with Gasteiger partial charge in [0.05, 0.1) is 0 Å². The van der Waals surface area contributed by atoms with Crippen LogP contribution in [0.15, 0.2) is 5.16 Å². The summed E-state index contributed by atoms with van der Waals surface area (Å²) in [6.07, 6.45) is 16.6. The van der Waals surface area contributed by atoms with Crippen molar-refractivity contribution in [2.75, 3.05) is 0 Å². The van der Waals surface area contributed by atoms with Gasteiger partial charge in [-0.25, -0.2) is 0 Å². The highest BCUT2D eigenvalue weighted by atomic mass is 16.4. The van der Waals surface area contributed by atoms with E-state index in [4.69, 9.17) is 5.21 Å². The van der Waals surface area contributed by atoms with Crippen LogP contribution in [0.2, 0.25) is 0 Å². The quantitative estimate of drug-likeness (QED) is 0.211. The first-order valence-electron chi connectivity index (χ1n) is 7.48. The van der Waals surface area contributed by atoms with Crippen LogP contribution in [-0.4, -0.2) is 11.4 Å². The van der Waals surface area contributed by atoms with Gasteiger partial charge in [0.15, 0.2) is 0 Å². The molecular formula is C15H31NO. The van der Waals surface area contributed by atoms with Gasteiger partial charge in [-0.2, -0.15) is 0 Å². The summed E-state index contributed by atoms with van der Waals surface area (Å²) in [5.41, 5.74) is 0. The van der Waals surface area contributed by atoms with E-state index in [0.29, 0.717) is 5.92 Å². The third kappa shape index (κ3) is 13.4. The number of hydrogen-bond acceptors (Lipinski definition) is 2. The van der Waals surface area contributed by atoms with Crippen LogP contribution in [0.3, 0.4) is 0 Å². The van der Waals surface area contributed by atoms with E-state index in [0.717, 1.165) is 6.42 Å². The van der Waals surface area contributed by atoms with Crippen molar-refractivity contribution in [1.82, 2.24) is 0 Å². The van der Waals surface area contributed by atoms with Gasteiger partial charge in [0.1, 0.15) is 0 Å². The number of unbranched alkanes of at least 4 members (excludes halogenated alkanes) is 9. The smallest absolute Gasteiger partial charge is 0.0464 e. The molecule has 0 saturated carbocycles. The van der Waals surface area contributed by atoms with Gasteiger partial charge < -0.3 is 5.21 Å². The van der Waals surface area contributed by atoms with Gasteiger partial charge >= 0.3 is 0 Å². The second-order valence-corrected chi connectivity index (χ2v) is 5.21. The number of hydrogen-bond donors (Lipinski definition) is 1. The lowest BCUT2D eigenvalue weighted by Crippen LogP contribution is -1.95. The van der Waals surface area contributed by atoms with Crippen LogP contribution in [0.5, 0.6) is 0 Å². The Hall–Kier alpha value is -0.530. The van der Waals surface area contributed by atoms with Gasteiger partial charge in [0.2, 0.25) is 0 Å². The Morgan fingerprint density at radius 3 is 1.82 bits per heavy atom. The maximum Gasteiger partial charge on any atom is 0.0464 e. The van der Waals surface area contributed by atoms with E-state index >= 15 is 0 Å². The van der Waals surface area contributed by atoms with E-state index in [9.17, 15) is 0 Å². The molecule has 1 atom stereocenters. The molecule has 1 N–H and O–H groups in total. The van der Waals surface area contributed by atoms with E-state index in [1.54, 1.807) is 6.21 Å². The molecule has 0 aromatic carbocycles. The fraction of sp³-hybridized carbons (Fsp3) is 0.933. The third-order valence-electron chi connectivity index (χ3n) is 3.33. The van der Waals surface area contributed by atoms with Crippen molar-refractivity contribution < 1.29 is 5.21 Å². The molecule has 0 aliphatic heterocycles. The summed E-state index contributed by atoms with van der Waals surface area (Å²) in [5, 5.41) is 11.4. The minimum Gasteiger partial charge on any atom is -0.411 e. The van der Waals surface area contributed by atoms with Crippen molar-refractivity contribution in [2.24, 2.45) is 11.1 Å². The van der Waals surface area contributed by atoms with Crippen LogP contribution in [-0.2, 0) is 0 Å². The van der Waals surface area contributed by atoms with Gasteiger partial charge in [0, 0.05) is 6.21 Å². The maximum atomic E-state index is 8.37. The van der Waals surface area contributed by atoms with E-state index in [1.165, 1.54) is 64.2 Å². The Morgan fingerprint density at radius 2 is 1.35 bits per heavy atom. The Balaban J connectivity index is 3.03. The molecule has 0 rings (SSSR count). The van der Waals surface area contributed by atoms with Crippen LogP contribution in [0, 0.1) is 5.92 Å². The monoisotopic (exact) mass is 241 g/mol. The summed E-state index contributed by atoms with van der Waals surface area (Å²) in [7, 11) is 0. The minimum absolute atomic E-state index is 0.425. The topological polar surface area (TPSA) is 32.6 Å². The molecule has 2 nitrogen and oxygen atoms in total. The summed E-state index contributed by atoms with van der Waals surface area (Å²) in [6.45, 7) is 4.37. The van der Waals surface area contributed by atoms with Crippen LogP contribution >= 0.6 is 0 Å². The van der Waals surface area contributed by atoms with Crippen LogP contribution < -0.4 is 0 Å². The first-order chi connectivity index (χ1) is 8.31. The van der Waals surface area contributed by atoms with E-state index in [1.807, 2.05) is 0 Å². The van der Waals surface area contributed by atoms with Gasteiger partial charge in [-0.05, 0) is 12.3 Å². The van der Waals surface area contributed by atoms with Gasteiger partial charge in [-0.15, -0.1) is 5.16 Å². The van der Waals surface area contributed by atoms with Crippen molar-refractivity contribution in [1.29, 1.82) is 0 Å².